The molecule has 60 valence electrons. The lowest BCUT2D eigenvalue weighted by atomic mass is 10.2. The Morgan fingerprint density at radius 1 is 1.25 bits per heavy atom. The molecule has 0 radical (unpaired) electrons. The Balaban J connectivity index is 2.48. The molecule has 0 aliphatic carbocycles. The van der Waals surface area contributed by atoms with Gasteiger partial charge in [-0.2, -0.15) is 0 Å². The Morgan fingerprint density at radius 3 is 2.83 bits per heavy atom. The minimum atomic E-state index is 0.476. The van der Waals surface area contributed by atoms with Crippen molar-refractivity contribution in [2.45, 2.75) is 0 Å². The number of halogens is 1. The number of aromatic nitrogens is 3. The minimum absolute atomic E-state index is 0.476. The SMILES string of the molecule is Clc1cc(-c2ncc[nH]2)ccn1. The van der Waals surface area contributed by atoms with E-state index in [-0.39, 0.29) is 0 Å². The van der Waals surface area contributed by atoms with Gasteiger partial charge >= 0.3 is 0 Å². The van der Waals surface area contributed by atoms with E-state index in [0.717, 1.165) is 11.4 Å². The number of pyridine rings is 1. The molecule has 0 amide bonds. The highest BCUT2D eigenvalue weighted by Gasteiger charge is 1.99. The Hall–Kier alpha value is -1.35. The second-order valence-electron chi connectivity index (χ2n) is 2.31. The first-order valence-corrected chi connectivity index (χ1v) is 3.85. The van der Waals surface area contributed by atoms with Crippen molar-refractivity contribution in [3.05, 3.63) is 35.9 Å². The molecule has 0 unspecified atom stereocenters. The van der Waals surface area contributed by atoms with Gasteiger partial charge in [0.2, 0.25) is 0 Å². The third kappa shape index (κ3) is 1.31. The molecule has 0 saturated carbocycles. The van der Waals surface area contributed by atoms with Gasteiger partial charge in [0.1, 0.15) is 11.0 Å². The van der Waals surface area contributed by atoms with Crippen molar-refractivity contribution in [3.63, 3.8) is 0 Å². The normalized spacial score (nSPS) is 10.1. The first kappa shape index (κ1) is 7.31. The van der Waals surface area contributed by atoms with E-state index in [0.29, 0.717) is 5.15 Å². The summed E-state index contributed by atoms with van der Waals surface area (Å²) in [5.74, 6) is 0.805. The van der Waals surface area contributed by atoms with E-state index >= 15 is 0 Å². The molecular weight excluding hydrogens is 174 g/mol. The molecule has 2 aromatic rings. The van der Waals surface area contributed by atoms with Gasteiger partial charge in [0.25, 0.3) is 0 Å². The van der Waals surface area contributed by atoms with Crippen LogP contribution in [-0.4, -0.2) is 15.0 Å². The maximum Gasteiger partial charge on any atom is 0.137 e. The maximum absolute atomic E-state index is 5.71. The summed E-state index contributed by atoms with van der Waals surface area (Å²) in [6, 6.07) is 3.62. The molecular formula is C8H6ClN3. The smallest absolute Gasteiger partial charge is 0.137 e. The molecule has 0 atom stereocenters. The summed E-state index contributed by atoms with van der Waals surface area (Å²) in [6.07, 6.45) is 5.12. The molecule has 4 heteroatoms. The van der Waals surface area contributed by atoms with Gasteiger partial charge in [-0.05, 0) is 12.1 Å². The van der Waals surface area contributed by atoms with Crippen molar-refractivity contribution < 1.29 is 0 Å². The largest absolute Gasteiger partial charge is 0.345 e. The first-order chi connectivity index (χ1) is 5.86. The minimum Gasteiger partial charge on any atom is -0.345 e. The molecule has 0 aliphatic rings. The van der Waals surface area contributed by atoms with Gasteiger partial charge < -0.3 is 4.98 Å². The molecule has 0 bridgehead atoms. The lowest BCUT2D eigenvalue weighted by molar-refractivity contribution is 1.27. The maximum atomic E-state index is 5.71. The summed E-state index contributed by atoms with van der Waals surface area (Å²) in [6.45, 7) is 0. The van der Waals surface area contributed by atoms with E-state index in [1.165, 1.54) is 0 Å². The van der Waals surface area contributed by atoms with Crippen molar-refractivity contribution in [1.29, 1.82) is 0 Å². The highest BCUT2D eigenvalue weighted by Crippen LogP contribution is 2.16. The molecule has 0 saturated heterocycles. The van der Waals surface area contributed by atoms with Crippen LogP contribution in [0.3, 0.4) is 0 Å². The Morgan fingerprint density at radius 2 is 2.17 bits per heavy atom. The van der Waals surface area contributed by atoms with Gasteiger partial charge in [0.15, 0.2) is 0 Å². The van der Waals surface area contributed by atoms with Crippen molar-refractivity contribution >= 4 is 11.6 Å². The number of nitrogens with one attached hydrogen (secondary N) is 1. The van der Waals surface area contributed by atoms with Crippen molar-refractivity contribution in [2.75, 3.05) is 0 Å². The second-order valence-corrected chi connectivity index (χ2v) is 2.69. The highest BCUT2D eigenvalue weighted by molar-refractivity contribution is 6.29. The van der Waals surface area contributed by atoms with Crippen LogP contribution < -0.4 is 0 Å². The average Bonchev–Trinajstić information content (AvgIpc) is 2.56. The van der Waals surface area contributed by atoms with E-state index in [1.54, 1.807) is 24.7 Å². The van der Waals surface area contributed by atoms with Gasteiger partial charge in [0.05, 0.1) is 0 Å². The van der Waals surface area contributed by atoms with Crippen LogP contribution in [0.2, 0.25) is 5.15 Å². The average molecular weight is 180 g/mol. The van der Waals surface area contributed by atoms with Gasteiger partial charge in [-0.3, -0.25) is 0 Å². The van der Waals surface area contributed by atoms with Crippen LogP contribution in [0.25, 0.3) is 11.4 Å². The Bertz CT molecular complexity index is 370. The van der Waals surface area contributed by atoms with Gasteiger partial charge in [-0.25, -0.2) is 9.97 Å². The quantitative estimate of drug-likeness (QED) is 0.682. The summed E-state index contributed by atoms with van der Waals surface area (Å²) in [5, 5.41) is 0.476. The van der Waals surface area contributed by atoms with Gasteiger partial charge in [0, 0.05) is 24.2 Å². The van der Waals surface area contributed by atoms with E-state index in [9.17, 15) is 0 Å². The number of aromatic amines is 1. The summed E-state index contributed by atoms with van der Waals surface area (Å²) >= 11 is 5.71. The van der Waals surface area contributed by atoms with Crippen molar-refractivity contribution in [1.82, 2.24) is 15.0 Å². The molecule has 2 rings (SSSR count). The molecule has 3 nitrogen and oxygen atoms in total. The third-order valence-electron chi connectivity index (χ3n) is 1.50. The van der Waals surface area contributed by atoms with Gasteiger partial charge in [-0.1, -0.05) is 11.6 Å². The molecule has 1 N–H and O–H groups in total. The lowest BCUT2D eigenvalue weighted by Gasteiger charge is -1.95. The summed E-state index contributed by atoms with van der Waals surface area (Å²) in [5.41, 5.74) is 0.944. The topological polar surface area (TPSA) is 41.6 Å². The zero-order chi connectivity index (χ0) is 8.39. The molecule has 2 aromatic heterocycles. The van der Waals surface area contributed by atoms with Crippen LogP contribution >= 0.6 is 11.6 Å². The Labute approximate surface area is 74.4 Å². The zero-order valence-electron chi connectivity index (χ0n) is 6.16. The fraction of sp³-hybridized carbons (Fsp3) is 0. The standard InChI is InChI=1S/C8H6ClN3/c9-7-5-6(1-2-10-7)8-11-3-4-12-8/h1-5H,(H,11,12). The van der Waals surface area contributed by atoms with Crippen LogP contribution in [0.1, 0.15) is 0 Å². The highest BCUT2D eigenvalue weighted by atomic mass is 35.5. The molecule has 0 spiro atoms. The number of rotatable bonds is 1. The van der Waals surface area contributed by atoms with Crippen LogP contribution in [0.4, 0.5) is 0 Å². The third-order valence-corrected chi connectivity index (χ3v) is 1.70. The van der Waals surface area contributed by atoms with Crippen LogP contribution in [0, 0.1) is 0 Å². The van der Waals surface area contributed by atoms with Crippen LogP contribution in [0.15, 0.2) is 30.7 Å². The predicted octanol–water partition coefficient (Wildman–Crippen LogP) is 2.13. The predicted molar refractivity (Wildman–Crippen MR) is 46.8 cm³/mol. The Kier molecular flexibility index (Phi) is 1.80. The number of hydrogen-bond acceptors (Lipinski definition) is 2. The van der Waals surface area contributed by atoms with Crippen molar-refractivity contribution in [2.24, 2.45) is 0 Å². The number of imidazole rings is 1. The van der Waals surface area contributed by atoms with Gasteiger partial charge in [-0.15, -0.1) is 0 Å². The molecule has 0 aliphatic heterocycles. The number of nitrogens with zero attached hydrogens (tertiary/aromatic N) is 2. The molecule has 2 heterocycles. The summed E-state index contributed by atoms with van der Waals surface area (Å²) < 4.78 is 0. The van der Waals surface area contributed by atoms with E-state index in [4.69, 9.17) is 11.6 Å². The van der Waals surface area contributed by atoms with E-state index in [1.807, 2.05) is 6.07 Å². The lowest BCUT2D eigenvalue weighted by Crippen LogP contribution is -1.81. The number of hydrogen-bond donors (Lipinski definition) is 1. The second kappa shape index (κ2) is 2.95. The first-order valence-electron chi connectivity index (χ1n) is 3.47. The molecule has 12 heavy (non-hydrogen) atoms. The fourth-order valence-corrected chi connectivity index (χ4v) is 1.15. The molecule has 0 fully saturated rings. The summed E-state index contributed by atoms with van der Waals surface area (Å²) in [7, 11) is 0. The molecule has 0 aromatic carbocycles. The monoisotopic (exact) mass is 179 g/mol. The summed E-state index contributed by atoms with van der Waals surface area (Å²) in [4.78, 5) is 10.9. The number of H-pyrrole nitrogens is 1. The zero-order valence-corrected chi connectivity index (χ0v) is 6.92. The van der Waals surface area contributed by atoms with Crippen molar-refractivity contribution in [3.8, 4) is 11.4 Å². The van der Waals surface area contributed by atoms with E-state index < -0.39 is 0 Å². The van der Waals surface area contributed by atoms with Crippen LogP contribution in [-0.2, 0) is 0 Å². The van der Waals surface area contributed by atoms with E-state index in [2.05, 4.69) is 15.0 Å². The fourth-order valence-electron chi connectivity index (χ4n) is 0.973. The van der Waals surface area contributed by atoms with Crippen LogP contribution in [0.5, 0.6) is 0 Å².